The summed E-state index contributed by atoms with van der Waals surface area (Å²) in [7, 11) is 2.10. The summed E-state index contributed by atoms with van der Waals surface area (Å²) in [5.74, 6) is 0. The lowest BCUT2D eigenvalue weighted by Crippen LogP contribution is -2.41. The highest BCUT2D eigenvalue weighted by atomic mass is 16.3. The number of pyridine rings is 1. The van der Waals surface area contributed by atoms with Gasteiger partial charge in [0.05, 0.1) is 0 Å². The van der Waals surface area contributed by atoms with E-state index in [-0.39, 0.29) is 17.6 Å². The van der Waals surface area contributed by atoms with Gasteiger partial charge in [-0.3, -0.25) is 4.79 Å². The monoisotopic (exact) mass is 236 g/mol. The summed E-state index contributed by atoms with van der Waals surface area (Å²) in [6, 6.07) is 5.22. The van der Waals surface area contributed by atoms with Crippen molar-refractivity contribution in [2.45, 2.75) is 19.3 Å². The van der Waals surface area contributed by atoms with Crippen molar-refractivity contribution in [2.75, 3.05) is 26.7 Å². The minimum absolute atomic E-state index is 0.0587. The molecule has 1 aliphatic rings. The number of H-pyrrole nitrogens is 1. The summed E-state index contributed by atoms with van der Waals surface area (Å²) in [6.45, 7) is 2.22. The van der Waals surface area contributed by atoms with Gasteiger partial charge >= 0.3 is 0 Å². The molecule has 0 amide bonds. The van der Waals surface area contributed by atoms with Crippen LogP contribution < -0.4 is 5.56 Å². The van der Waals surface area contributed by atoms with Crippen LogP contribution in [0.2, 0.25) is 0 Å². The molecule has 94 valence electrons. The first kappa shape index (κ1) is 12.3. The van der Waals surface area contributed by atoms with Crippen molar-refractivity contribution < 1.29 is 5.11 Å². The first-order valence-corrected chi connectivity index (χ1v) is 6.11. The lowest BCUT2D eigenvalue weighted by molar-refractivity contribution is 0.0524. The van der Waals surface area contributed by atoms with Crippen molar-refractivity contribution in [2.24, 2.45) is 5.41 Å². The van der Waals surface area contributed by atoms with E-state index in [1.807, 2.05) is 6.07 Å². The summed E-state index contributed by atoms with van der Waals surface area (Å²) >= 11 is 0. The second-order valence-corrected chi connectivity index (χ2v) is 5.18. The molecule has 2 rings (SSSR count). The van der Waals surface area contributed by atoms with E-state index in [0.717, 1.165) is 38.0 Å². The molecule has 4 nitrogen and oxygen atoms in total. The second kappa shape index (κ2) is 5.02. The normalized spacial score (nSPS) is 20.4. The number of aromatic amines is 1. The highest BCUT2D eigenvalue weighted by Gasteiger charge is 2.33. The zero-order chi connectivity index (χ0) is 12.3. The van der Waals surface area contributed by atoms with Crippen molar-refractivity contribution >= 4 is 0 Å². The third-order valence-electron chi connectivity index (χ3n) is 3.78. The molecule has 1 aliphatic heterocycles. The number of nitrogens with zero attached hydrogens (tertiary/aromatic N) is 1. The predicted octanol–water partition coefficient (Wildman–Crippen LogP) is 0.622. The molecule has 0 unspecified atom stereocenters. The van der Waals surface area contributed by atoms with Crippen LogP contribution in [0.3, 0.4) is 0 Å². The van der Waals surface area contributed by atoms with E-state index in [9.17, 15) is 9.90 Å². The Morgan fingerprint density at radius 1 is 1.41 bits per heavy atom. The summed E-state index contributed by atoms with van der Waals surface area (Å²) in [4.78, 5) is 16.4. The highest BCUT2D eigenvalue weighted by molar-refractivity contribution is 5.07. The zero-order valence-electron chi connectivity index (χ0n) is 10.3. The van der Waals surface area contributed by atoms with Gasteiger partial charge in [0.2, 0.25) is 5.56 Å². The van der Waals surface area contributed by atoms with E-state index in [1.165, 1.54) is 6.07 Å². The van der Waals surface area contributed by atoms with Crippen LogP contribution in [-0.2, 0) is 6.42 Å². The van der Waals surface area contributed by atoms with Crippen LogP contribution in [0.15, 0.2) is 23.0 Å². The number of hydrogen-bond acceptors (Lipinski definition) is 3. The van der Waals surface area contributed by atoms with E-state index in [0.29, 0.717) is 0 Å². The van der Waals surface area contributed by atoms with Crippen molar-refractivity contribution in [1.82, 2.24) is 9.88 Å². The van der Waals surface area contributed by atoms with E-state index < -0.39 is 0 Å². The Labute approximate surface area is 101 Å². The first-order chi connectivity index (χ1) is 8.13. The Morgan fingerprint density at radius 2 is 2.12 bits per heavy atom. The number of aliphatic hydroxyl groups is 1. The maximum Gasteiger partial charge on any atom is 0.248 e. The lowest BCUT2D eigenvalue weighted by atomic mass is 9.75. The molecule has 17 heavy (non-hydrogen) atoms. The van der Waals surface area contributed by atoms with Gasteiger partial charge < -0.3 is 15.0 Å². The molecule has 2 heterocycles. The van der Waals surface area contributed by atoms with Crippen LogP contribution in [0.5, 0.6) is 0 Å². The van der Waals surface area contributed by atoms with Crippen molar-refractivity contribution in [1.29, 1.82) is 0 Å². The molecular weight excluding hydrogens is 216 g/mol. The van der Waals surface area contributed by atoms with Crippen LogP contribution in [0.4, 0.5) is 0 Å². The summed E-state index contributed by atoms with van der Waals surface area (Å²) in [5.41, 5.74) is 0.802. The fourth-order valence-electron chi connectivity index (χ4n) is 2.48. The smallest absolute Gasteiger partial charge is 0.248 e. The van der Waals surface area contributed by atoms with Gasteiger partial charge in [0.25, 0.3) is 0 Å². The molecule has 2 N–H and O–H groups in total. The SMILES string of the molecule is CN1CCC(CO)(Cc2cccc(=O)[nH]2)CC1. The molecular formula is C13H20N2O2. The quantitative estimate of drug-likeness (QED) is 0.809. The van der Waals surface area contributed by atoms with E-state index in [2.05, 4.69) is 16.9 Å². The van der Waals surface area contributed by atoms with Gasteiger partial charge in [0.15, 0.2) is 0 Å². The third-order valence-corrected chi connectivity index (χ3v) is 3.78. The van der Waals surface area contributed by atoms with Gasteiger partial charge in [-0.15, -0.1) is 0 Å². The summed E-state index contributed by atoms with van der Waals surface area (Å²) in [5, 5.41) is 9.65. The van der Waals surface area contributed by atoms with Gasteiger partial charge in [0, 0.05) is 23.8 Å². The van der Waals surface area contributed by atoms with Gasteiger partial charge in [-0.05, 0) is 45.5 Å². The van der Waals surface area contributed by atoms with Crippen molar-refractivity contribution in [3.05, 3.63) is 34.2 Å². The van der Waals surface area contributed by atoms with Gasteiger partial charge in [-0.2, -0.15) is 0 Å². The molecule has 0 bridgehead atoms. The number of piperidine rings is 1. The standard InChI is InChI=1S/C13H20N2O2/c1-15-7-5-13(10-16,6-8-15)9-11-3-2-4-12(17)14-11/h2-4,16H,5-10H2,1H3,(H,14,17). The Morgan fingerprint density at radius 3 is 2.71 bits per heavy atom. The van der Waals surface area contributed by atoms with Crippen LogP contribution >= 0.6 is 0 Å². The molecule has 1 fully saturated rings. The molecule has 0 spiro atoms. The third kappa shape index (κ3) is 2.96. The van der Waals surface area contributed by atoms with Gasteiger partial charge in [-0.1, -0.05) is 6.07 Å². The van der Waals surface area contributed by atoms with E-state index in [4.69, 9.17) is 0 Å². The average molecular weight is 236 g/mol. The van der Waals surface area contributed by atoms with Crippen molar-refractivity contribution in [3.63, 3.8) is 0 Å². The molecule has 1 aromatic heterocycles. The average Bonchev–Trinajstić information content (AvgIpc) is 2.33. The molecule has 1 saturated heterocycles. The van der Waals surface area contributed by atoms with Gasteiger partial charge in [0.1, 0.15) is 0 Å². The maximum atomic E-state index is 11.3. The Bertz CT molecular complexity index is 419. The number of aromatic nitrogens is 1. The summed E-state index contributed by atoms with van der Waals surface area (Å²) in [6.07, 6.45) is 2.72. The second-order valence-electron chi connectivity index (χ2n) is 5.18. The minimum atomic E-state index is -0.0662. The van der Waals surface area contributed by atoms with Crippen molar-refractivity contribution in [3.8, 4) is 0 Å². The van der Waals surface area contributed by atoms with Gasteiger partial charge in [-0.25, -0.2) is 0 Å². The first-order valence-electron chi connectivity index (χ1n) is 6.11. The number of hydrogen-bond donors (Lipinski definition) is 2. The van der Waals surface area contributed by atoms with Crippen LogP contribution in [-0.4, -0.2) is 41.7 Å². The molecule has 0 aliphatic carbocycles. The minimum Gasteiger partial charge on any atom is -0.396 e. The number of nitrogens with one attached hydrogen (secondary N) is 1. The topological polar surface area (TPSA) is 56.3 Å². The number of rotatable bonds is 3. The Kier molecular flexibility index (Phi) is 3.64. The van der Waals surface area contributed by atoms with Crippen LogP contribution in [0.25, 0.3) is 0 Å². The summed E-state index contributed by atoms with van der Waals surface area (Å²) < 4.78 is 0. The number of aliphatic hydroxyl groups excluding tert-OH is 1. The zero-order valence-corrected chi connectivity index (χ0v) is 10.3. The molecule has 0 atom stereocenters. The predicted molar refractivity (Wildman–Crippen MR) is 67.0 cm³/mol. The Balaban J connectivity index is 2.12. The fraction of sp³-hybridized carbons (Fsp3) is 0.615. The number of likely N-dealkylation sites (tertiary alicyclic amines) is 1. The van der Waals surface area contributed by atoms with Crippen LogP contribution in [0.1, 0.15) is 18.5 Å². The highest BCUT2D eigenvalue weighted by Crippen LogP contribution is 2.33. The van der Waals surface area contributed by atoms with Crippen LogP contribution in [0, 0.1) is 5.41 Å². The molecule has 0 saturated carbocycles. The molecule has 4 heteroatoms. The van der Waals surface area contributed by atoms with E-state index in [1.54, 1.807) is 6.07 Å². The molecule has 0 aromatic carbocycles. The largest absolute Gasteiger partial charge is 0.396 e. The van der Waals surface area contributed by atoms with E-state index >= 15 is 0 Å². The lowest BCUT2D eigenvalue weighted by Gasteiger charge is -2.39. The fourth-order valence-corrected chi connectivity index (χ4v) is 2.48. The molecule has 1 aromatic rings. The Hall–Kier alpha value is -1.13. The molecule has 0 radical (unpaired) electrons. The maximum absolute atomic E-state index is 11.3.